The summed E-state index contributed by atoms with van der Waals surface area (Å²) in [5.74, 6) is 0.505. The molecule has 0 amide bonds. The quantitative estimate of drug-likeness (QED) is 0.118. The van der Waals surface area contributed by atoms with E-state index >= 15 is 0 Å². The number of ether oxygens (including phenoxy) is 4. The monoisotopic (exact) mass is 542 g/mol. The second-order valence-electron chi connectivity index (χ2n) is 9.03. The molecule has 8 nitrogen and oxygen atoms in total. The molecule has 0 radical (unpaired) electrons. The number of carbonyl (C=O) groups is 2. The second kappa shape index (κ2) is 13.7. The van der Waals surface area contributed by atoms with E-state index in [4.69, 9.17) is 18.9 Å². The summed E-state index contributed by atoms with van der Waals surface area (Å²) in [6.45, 7) is 2.52. The second-order valence-corrected chi connectivity index (χ2v) is 9.03. The smallest absolute Gasteiger partial charge is 0.347 e. The number of benzene rings is 4. The number of phenolic OH excluding ortho intramolecular Hbond substituents is 2. The van der Waals surface area contributed by atoms with Crippen molar-refractivity contribution in [1.82, 2.24) is 0 Å². The van der Waals surface area contributed by atoms with Crippen molar-refractivity contribution in [2.24, 2.45) is 0 Å². The fourth-order valence-corrected chi connectivity index (χ4v) is 3.82. The van der Waals surface area contributed by atoms with Crippen LogP contribution in [0.3, 0.4) is 0 Å². The van der Waals surface area contributed by atoms with Crippen LogP contribution in [0.25, 0.3) is 0 Å². The highest BCUT2D eigenvalue weighted by Crippen LogP contribution is 2.24. The molecule has 0 aromatic heterocycles. The van der Waals surface area contributed by atoms with Crippen LogP contribution in [0.15, 0.2) is 97.1 Å². The number of phenols is 2. The topological polar surface area (TPSA) is 112 Å². The van der Waals surface area contributed by atoms with Gasteiger partial charge in [0.2, 0.25) is 0 Å². The van der Waals surface area contributed by atoms with Gasteiger partial charge in [-0.3, -0.25) is 0 Å². The van der Waals surface area contributed by atoms with Gasteiger partial charge in [0.15, 0.2) is 0 Å². The fraction of sp³-hybridized carbons (Fsp3) is 0.188. The number of hydrogen-bond donors (Lipinski definition) is 2. The normalized spacial score (nSPS) is 11.3. The van der Waals surface area contributed by atoms with Crippen molar-refractivity contribution in [2.45, 2.75) is 32.3 Å². The maximum Gasteiger partial charge on any atom is 0.347 e. The summed E-state index contributed by atoms with van der Waals surface area (Å²) in [4.78, 5) is 24.4. The Morgan fingerprint density at radius 2 is 1.07 bits per heavy atom. The van der Waals surface area contributed by atoms with Gasteiger partial charge in [0.25, 0.3) is 0 Å². The minimum absolute atomic E-state index is 0.0207. The fourth-order valence-electron chi connectivity index (χ4n) is 3.82. The standard InChI is InChI=1S/C32H30O8/c1-22(38-24-17-19-26(20-18-24)40-32(36)28-10-3-5-12-30(28)34)8-6-7-21-37-23-13-15-25(16-14-23)39-31(35)27-9-2-4-11-29(27)33/h2-5,9-20,22,33-34H,6-8,21H2,1H3. The Morgan fingerprint density at radius 3 is 1.57 bits per heavy atom. The number of esters is 2. The van der Waals surface area contributed by atoms with Crippen LogP contribution in [0.4, 0.5) is 0 Å². The molecule has 0 spiro atoms. The zero-order valence-corrected chi connectivity index (χ0v) is 22.0. The number of aromatic hydroxyl groups is 2. The summed E-state index contributed by atoms with van der Waals surface area (Å²) >= 11 is 0. The van der Waals surface area contributed by atoms with Crippen LogP contribution < -0.4 is 18.9 Å². The molecule has 4 aromatic carbocycles. The van der Waals surface area contributed by atoms with Gasteiger partial charge in [-0.2, -0.15) is 0 Å². The summed E-state index contributed by atoms with van der Waals surface area (Å²) in [6.07, 6.45) is 2.54. The molecule has 0 bridgehead atoms. The zero-order chi connectivity index (χ0) is 28.3. The Balaban J connectivity index is 1.13. The third kappa shape index (κ3) is 8.01. The Morgan fingerprint density at radius 1 is 0.625 bits per heavy atom. The van der Waals surface area contributed by atoms with Gasteiger partial charge in [-0.05, 0) is 99.0 Å². The molecule has 4 rings (SSSR count). The van der Waals surface area contributed by atoms with E-state index < -0.39 is 11.9 Å². The lowest BCUT2D eigenvalue weighted by Crippen LogP contribution is -2.12. The SMILES string of the molecule is CC(CCCCOc1ccc(OC(=O)c2ccccc2O)cc1)Oc1ccc(OC(=O)c2ccccc2O)cc1. The molecular formula is C32H30O8. The zero-order valence-electron chi connectivity index (χ0n) is 22.0. The molecule has 0 fully saturated rings. The third-order valence-electron chi connectivity index (χ3n) is 5.93. The van der Waals surface area contributed by atoms with Gasteiger partial charge in [0.1, 0.15) is 45.6 Å². The number of rotatable bonds is 12. The first-order valence-corrected chi connectivity index (χ1v) is 12.9. The van der Waals surface area contributed by atoms with E-state index in [9.17, 15) is 19.8 Å². The molecule has 0 heterocycles. The molecule has 4 aromatic rings. The maximum absolute atomic E-state index is 12.2. The lowest BCUT2D eigenvalue weighted by atomic mass is 10.2. The van der Waals surface area contributed by atoms with Crippen LogP contribution in [0.1, 0.15) is 46.9 Å². The Kier molecular flexibility index (Phi) is 9.61. The average Bonchev–Trinajstić information content (AvgIpc) is 2.95. The summed E-state index contributed by atoms with van der Waals surface area (Å²) in [5, 5.41) is 19.6. The predicted molar refractivity (Wildman–Crippen MR) is 148 cm³/mol. The van der Waals surface area contributed by atoms with Crippen molar-refractivity contribution in [3.63, 3.8) is 0 Å². The maximum atomic E-state index is 12.2. The summed E-state index contributed by atoms with van der Waals surface area (Å²) in [5.41, 5.74) is 0.202. The van der Waals surface area contributed by atoms with Gasteiger partial charge in [-0.1, -0.05) is 24.3 Å². The van der Waals surface area contributed by atoms with E-state index in [-0.39, 0.29) is 28.7 Å². The van der Waals surface area contributed by atoms with Crippen molar-refractivity contribution >= 4 is 11.9 Å². The van der Waals surface area contributed by atoms with Crippen LogP contribution >= 0.6 is 0 Å². The van der Waals surface area contributed by atoms with Crippen molar-refractivity contribution in [3.05, 3.63) is 108 Å². The van der Waals surface area contributed by atoms with Crippen LogP contribution in [-0.4, -0.2) is 34.9 Å². The van der Waals surface area contributed by atoms with Crippen LogP contribution in [-0.2, 0) is 0 Å². The Bertz CT molecular complexity index is 1410. The molecule has 2 N–H and O–H groups in total. The van der Waals surface area contributed by atoms with E-state index in [1.807, 2.05) is 6.92 Å². The molecule has 0 aliphatic heterocycles. The van der Waals surface area contributed by atoms with Gasteiger partial charge in [0, 0.05) is 0 Å². The van der Waals surface area contributed by atoms with Gasteiger partial charge in [-0.25, -0.2) is 9.59 Å². The molecule has 8 heteroatoms. The lowest BCUT2D eigenvalue weighted by molar-refractivity contribution is 0.0721. The van der Waals surface area contributed by atoms with Crippen LogP contribution in [0.5, 0.6) is 34.5 Å². The van der Waals surface area contributed by atoms with Crippen LogP contribution in [0.2, 0.25) is 0 Å². The molecule has 0 aliphatic carbocycles. The summed E-state index contributed by atoms with van der Waals surface area (Å²) in [6, 6.07) is 25.9. The van der Waals surface area contributed by atoms with Gasteiger partial charge >= 0.3 is 11.9 Å². The number of carbonyl (C=O) groups excluding carboxylic acids is 2. The Labute approximate surface area is 232 Å². The molecule has 206 valence electrons. The molecular weight excluding hydrogens is 512 g/mol. The number of para-hydroxylation sites is 2. The van der Waals surface area contributed by atoms with Crippen molar-refractivity contribution in [1.29, 1.82) is 0 Å². The predicted octanol–water partition coefficient (Wildman–Crippen LogP) is 6.55. The highest BCUT2D eigenvalue weighted by atomic mass is 16.5. The lowest BCUT2D eigenvalue weighted by Gasteiger charge is -2.15. The highest BCUT2D eigenvalue weighted by Gasteiger charge is 2.14. The molecule has 0 saturated carbocycles. The molecule has 0 saturated heterocycles. The summed E-state index contributed by atoms with van der Waals surface area (Å²) < 4.78 is 22.3. The van der Waals surface area contributed by atoms with Crippen molar-refractivity contribution < 1.29 is 38.7 Å². The van der Waals surface area contributed by atoms with E-state index in [2.05, 4.69) is 0 Å². The van der Waals surface area contributed by atoms with Crippen LogP contribution in [0, 0.1) is 0 Å². The summed E-state index contributed by atoms with van der Waals surface area (Å²) in [7, 11) is 0. The van der Waals surface area contributed by atoms with E-state index in [0.29, 0.717) is 29.6 Å². The molecule has 1 unspecified atom stereocenters. The first-order chi connectivity index (χ1) is 19.4. The minimum Gasteiger partial charge on any atom is -0.507 e. The van der Waals surface area contributed by atoms with Gasteiger partial charge < -0.3 is 29.2 Å². The minimum atomic E-state index is -0.633. The molecule has 0 aliphatic rings. The van der Waals surface area contributed by atoms with Crippen molar-refractivity contribution in [3.8, 4) is 34.5 Å². The molecule has 1 atom stereocenters. The third-order valence-corrected chi connectivity index (χ3v) is 5.93. The first kappa shape index (κ1) is 28.0. The average molecular weight is 543 g/mol. The number of hydrogen-bond acceptors (Lipinski definition) is 8. The first-order valence-electron chi connectivity index (χ1n) is 12.9. The van der Waals surface area contributed by atoms with Gasteiger partial charge in [0.05, 0.1) is 12.7 Å². The molecule has 40 heavy (non-hydrogen) atoms. The van der Waals surface area contributed by atoms with E-state index in [1.54, 1.807) is 72.8 Å². The Hall–Kier alpha value is -4.98. The van der Waals surface area contributed by atoms with E-state index in [1.165, 1.54) is 24.3 Å². The largest absolute Gasteiger partial charge is 0.507 e. The number of unbranched alkanes of at least 4 members (excludes halogenated alkanes) is 1. The van der Waals surface area contributed by atoms with E-state index in [0.717, 1.165) is 19.3 Å². The highest BCUT2D eigenvalue weighted by molar-refractivity contribution is 5.94. The van der Waals surface area contributed by atoms with Crippen molar-refractivity contribution in [2.75, 3.05) is 6.61 Å². The van der Waals surface area contributed by atoms with Gasteiger partial charge in [-0.15, -0.1) is 0 Å².